The van der Waals surface area contributed by atoms with E-state index < -0.39 is 5.92 Å². The van der Waals surface area contributed by atoms with Crippen LogP contribution in [0.3, 0.4) is 0 Å². The lowest BCUT2D eigenvalue weighted by Gasteiger charge is -2.37. The van der Waals surface area contributed by atoms with Gasteiger partial charge in [-0.05, 0) is 32.9 Å². The minimum atomic E-state index is -0.583. The lowest BCUT2D eigenvalue weighted by Crippen LogP contribution is -2.53. The van der Waals surface area contributed by atoms with E-state index in [0.717, 1.165) is 12.8 Å². The molecule has 1 atom stereocenters. The summed E-state index contributed by atoms with van der Waals surface area (Å²) in [6.45, 7) is 4.39. The highest BCUT2D eigenvalue weighted by molar-refractivity contribution is 6.02. The minimum absolute atomic E-state index is 0.00946. The smallest absolute Gasteiger partial charge is 0.231 e. The third kappa shape index (κ3) is 3.62. The van der Waals surface area contributed by atoms with Gasteiger partial charge in [0, 0.05) is 12.1 Å². The van der Waals surface area contributed by atoms with Crippen LogP contribution < -0.4 is 11.1 Å². The van der Waals surface area contributed by atoms with E-state index in [1.807, 2.05) is 13.8 Å². The van der Waals surface area contributed by atoms with Crippen molar-refractivity contribution in [3.8, 4) is 0 Å². The number of nitrogens with two attached hydrogens (primary N) is 1. The predicted octanol–water partition coefficient (Wildman–Crippen LogP) is 0.996. The van der Waals surface area contributed by atoms with E-state index in [2.05, 4.69) is 29.5 Å². The molecular formula is C14H28N4O2. The van der Waals surface area contributed by atoms with E-state index in [1.165, 1.54) is 12.8 Å². The van der Waals surface area contributed by atoms with Crippen molar-refractivity contribution in [1.29, 1.82) is 0 Å². The molecule has 4 N–H and O–H groups in total. The fourth-order valence-corrected chi connectivity index (χ4v) is 3.02. The number of hydrogen-bond acceptors (Lipinski definition) is 4. The lowest BCUT2D eigenvalue weighted by atomic mass is 9.92. The predicted molar refractivity (Wildman–Crippen MR) is 79.6 cm³/mol. The Morgan fingerprint density at radius 2 is 1.95 bits per heavy atom. The molecule has 1 aliphatic carbocycles. The van der Waals surface area contributed by atoms with E-state index in [-0.39, 0.29) is 23.2 Å². The number of nitrogens with one attached hydrogen (secondary N) is 1. The number of rotatable bonds is 6. The molecule has 0 aliphatic heterocycles. The highest BCUT2D eigenvalue weighted by Crippen LogP contribution is 2.33. The Bertz CT molecular complexity index is 360. The molecule has 1 aliphatic rings. The van der Waals surface area contributed by atoms with E-state index >= 15 is 0 Å². The van der Waals surface area contributed by atoms with Crippen LogP contribution in [0.1, 0.15) is 39.5 Å². The number of carbonyl (C=O) groups excluding carboxylic acids is 1. The van der Waals surface area contributed by atoms with Crippen molar-refractivity contribution < 1.29 is 10.0 Å². The number of amides is 1. The first kappa shape index (κ1) is 16.8. The molecule has 0 bridgehead atoms. The zero-order chi connectivity index (χ0) is 15.3. The van der Waals surface area contributed by atoms with Crippen LogP contribution in [-0.4, -0.2) is 48.0 Å². The molecular weight excluding hydrogens is 256 g/mol. The summed E-state index contributed by atoms with van der Waals surface area (Å²) in [5, 5.41) is 14.8. The van der Waals surface area contributed by atoms with Crippen molar-refractivity contribution >= 4 is 11.7 Å². The standard InChI is InChI=1S/C14H28N4O2/c1-10(2)11(12(15)17-20)13(19)16-9-14(18(3)4)7-5-6-8-14/h10-11,20H,5-9H2,1-4H3,(H2,15,17)(H,16,19). The van der Waals surface area contributed by atoms with Gasteiger partial charge in [0.1, 0.15) is 5.92 Å². The van der Waals surface area contributed by atoms with Crippen molar-refractivity contribution in [3.63, 3.8) is 0 Å². The Kier molecular flexibility index (Phi) is 5.80. The van der Waals surface area contributed by atoms with E-state index in [0.29, 0.717) is 6.54 Å². The Labute approximate surface area is 121 Å². The highest BCUT2D eigenvalue weighted by atomic mass is 16.4. The van der Waals surface area contributed by atoms with Gasteiger partial charge in [-0.3, -0.25) is 4.79 Å². The van der Waals surface area contributed by atoms with Crippen molar-refractivity contribution in [3.05, 3.63) is 0 Å². The number of hydrogen-bond donors (Lipinski definition) is 3. The monoisotopic (exact) mass is 284 g/mol. The molecule has 0 aromatic heterocycles. The maximum atomic E-state index is 12.3. The molecule has 0 spiro atoms. The SMILES string of the molecule is CC(C)C(C(=O)NCC1(N(C)C)CCCC1)C(N)=NO. The minimum Gasteiger partial charge on any atom is -0.409 e. The van der Waals surface area contributed by atoms with Gasteiger partial charge in [-0.25, -0.2) is 0 Å². The second-order valence-electron chi connectivity index (χ2n) is 6.29. The van der Waals surface area contributed by atoms with Gasteiger partial charge in [-0.1, -0.05) is 31.8 Å². The van der Waals surface area contributed by atoms with Crippen molar-refractivity contribution in [1.82, 2.24) is 10.2 Å². The summed E-state index contributed by atoms with van der Waals surface area (Å²) in [7, 11) is 4.11. The summed E-state index contributed by atoms with van der Waals surface area (Å²) in [6, 6.07) is 0. The molecule has 1 amide bonds. The molecule has 1 fully saturated rings. The average molecular weight is 284 g/mol. The van der Waals surface area contributed by atoms with Gasteiger partial charge in [-0.2, -0.15) is 0 Å². The van der Waals surface area contributed by atoms with E-state index in [9.17, 15) is 4.79 Å². The van der Waals surface area contributed by atoms with E-state index in [4.69, 9.17) is 10.9 Å². The maximum Gasteiger partial charge on any atom is 0.231 e. The molecule has 0 aromatic carbocycles. The molecule has 116 valence electrons. The topological polar surface area (TPSA) is 91.0 Å². The zero-order valence-electron chi connectivity index (χ0n) is 13.0. The summed E-state index contributed by atoms with van der Waals surface area (Å²) in [5.74, 6) is -0.781. The largest absolute Gasteiger partial charge is 0.409 e. The second-order valence-corrected chi connectivity index (χ2v) is 6.29. The highest BCUT2D eigenvalue weighted by Gasteiger charge is 2.37. The Balaban J connectivity index is 2.69. The van der Waals surface area contributed by atoms with Gasteiger partial charge in [0.25, 0.3) is 0 Å². The Hall–Kier alpha value is -1.30. The molecule has 0 saturated heterocycles. The summed E-state index contributed by atoms with van der Waals surface area (Å²) >= 11 is 0. The third-order valence-corrected chi connectivity index (χ3v) is 4.46. The second kappa shape index (κ2) is 6.92. The Morgan fingerprint density at radius 3 is 2.35 bits per heavy atom. The number of carbonyl (C=O) groups is 1. The van der Waals surface area contributed by atoms with Crippen molar-refractivity contribution in [2.75, 3.05) is 20.6 Å². The molecule has 6 nitrogen and oxygen atoms in total. The quantitative estimate of drug-likeness (QED) is 0.294. The van der Waals surface area contributed by atoms with Gasteiger partial charge < -0.3 is 21.2 Å². The van der Waals surface area contributed by atoms with Crippen LogP contribution in [0.15, 0.2) is 5.16 Å². The molecule has 0 heterocycles. The van der Waals surface area contributed by atoms with Gasteiger partial charge in [0.2, 0.25) is 5.91 Å². The summed E-state index contributed by atoms with van der Waals surface area (Å²) in [4.78, 5) is 14.5. The molecule has 0 radical (unpaired) electrons. The zero-order valence-corrected chi connectivity index (χ0v) is 13.0. The van der Waals surface area contributed by atoms with Gasteiger partial charge in [-0.15, -0.1) is 0 Å². The number of oxime groups is 1. The lowest BCUT2D eigenvalue weighted by molar-refractivity contribution is -0.124. The van der Waals surface area contributed by atoms with Crippen LogP contribution >= 0.6 is 0 Å². The van der Waals surface area contributed by atoms with Crippen LogP contribution in [0.25, 0.3) is 0 Å². The normalized spacial score (nSPS) is 20.4. The van der Waals surface area contributed by atoms with Crippen molar-refractivity contribution in [2.24, 2.45) is 22.7 Å². The molecule has 1 unspecified atom stereocenters. The maximum absolute atomic E-state index is 12.3. The van der Waals surface area contributed by atoms with Crippen LogP contribution in [0.4, 0.5) is 0 Å². The number of likely N-dealkylation sites (N-methyl/N-ethyl adjacent to an activating group) is 1. The fourth-order valence-electron chi connectivity index (χ4n) is 3.02. The molecule has 6 heteroatoms. The molecule has 1 rings (SSSR count). The summed E-state index contributed by atoms with van der Waals surface area (Å²) in [5.41, 5.74) is 5.67. The average Bonchev–Trinajstić information content (AvgIpc) is 2.86. The van der Waals surface area contributed by atoms with Crippen LogP contribution in [0, 0.1) is 11.8 Å². The fraction of sp³-hybridized carbons (Fsp3) is 0.857. The molecule has 20 heavy (non-hydrogen) atoms. The van der Waals surface area contributed by atoms with Crippen LogP contribution in [0.2, 0.25) is 0 Å². The summed E-state index contributed by atoms with van der Waals surface area (Å²) in [6.07, 6.45) is 4.58. The Morgan fingerprint density at radius 1 is 1.40 bits per heavy atom. The number of nitrogens with zero attached hydrogens (tertiary/aromatic N) is 2. The van der Waals surface area contributed by atoms with Gasteiger partial charge in [0.05, 0.1) is 0 Å². The van der Waals surface area contributed by atoms with Crippen LogP contribution in [0.5, 0.6) is 0 Å². The summed E-state index contributed by atoms with van der Waals surface area (Å²) < 4.78 is 0. The third-order valence-electron chi connectivity index (χ3n) is 4.46. The van der Waals surface area contributed by atoms with Crippen LogP contribution in [-0.2, 0) is 4.79 Å². The first-order chi connectivity index (χ1) is 9.34. The number of amidine groups is 1. The molecule has 0 aromatic rings. The molecule has 1 saturated carbocycles. The van der Waals surface area contributed by atoms with E-state index in [1.54, 1.807) is 0 Å². The van der Waals surface area contributed by atoms with Gasteiger partial charge >= 0.3 is 0 Å². The van der Waals surface area contributed by atoms with Crippen molar-refractivity contribution in [2.45, 2.75) is 45.1 Å². The first-order valence-corrected chi connectivity index (χ1v) is 7.26. The first-order valence-electron chi connectivity index (χ1n) is 7.26. The van der Waals surface area contributed by atoms with Gasteiger partial charge in [0.15, 0.2) is 5.84 Å².